The van der Waals surface area contributed by atoms with Crippen LogP contribution in [0.15, 0.2) is 40.9 Å². The van der Waals surface area contributed by atoms with Crippen LogP contribution in [0.25, 0.3) is 10.2 Å². The number of fused-ring (bicyclic) bond motifs is 1. The summed E-state index contributed by atoms with van der Waals surface area (Å²) in [6.45, 7) is 1.98. The first-order chi connectivity index (χ1) is 10.0. The Kier molecular flexibility index (Phi) is 3.65. The number of nitrogens with two attached hydrogens (primary N) is 1. The van der Waals surface area contributed by atoms with Crippen LogP contribution in [0.5, 0.6) is 0 Å². The van der Waals surface area contributed by atoms with Crippen molar-refractivity contribution in [3.8, 4) is 0 Å². The van der Waals surface area contributed by atoms with Crippen LogP contribution in [0.3, 0.4) is 0 Å². The highest BCUT2D eigenvalue weighted by Gasteiger charge is 2.10. The molecule has 0 bridgehead atoms. The van der Waals surface area contributed by atoms with E-state index in [1.807, 2.05) is 37.3 Å². The van der Waals surface area contributed by atoms with E-state index in [1.54, 1.807) is 6.07 Å². The van der Waals surface area contributed by atoms with E-state index in [4.69, 9.17) is 5.73 Å². The first-order valence-electron chi connectivity index (χ1n) is 6.26. The lowest BCUT2D eigenvalue weighted by atomic mass is 10.2. The van der Waals surface area contributed by atoms with E-state index in [1.165, 1.54) is 11.3 Å². The summed E-state index contributed by atoms with van der Waals surface area (Å²) in [4.78, 5) is 16.5. The number of amides is 1. The minimum Gasteiger partial charge on any atom is -0.375 e. The molecular weight excluding hydrogens is 350 g/mol. The van der Waals surface area contributed by atoms with Gasteiger partial charge in [-0.05, 0) is 58.7 Å². The van der Waals surface area contributed by atoms with Crippen LogP contribution in [-0.4, -0.2) is 10.9 Å². The van der Waals surface area contributed by atoms with Crippen molar-refractivity contribution in [2.75, 3.05) is 11.1 Å². The molecule has 3 N–H and O–H groups in total. The minimum atomic E-state index is -0.157. The van der Waals surface area contributed by atoms with E-state index >= 15 is 0 Å². The minimum absolute atomic E-state index is 0.157. The monoisotopic (exact) mass is 361 g/mol. The Morgan fingerprint density at radius 1 is 1.29 bits per heavy atom. The van der Waals surface area contributed by atoms with Gasteiger partial charge in [-0.3, -0.25) is 4.79 Å². The average Bonchev–Trinajstić information content (AvgIpc) is 2.81. The first kappa shape index (κ1) is 14.0. The molecule has 0 aliphatic carbocycles. The van der Waals surface area contributed by atoms with E-state index in [0.29, 0.717) is 10.7 Å². The number of nitrogen functional groups attached to an aromatic ring is 1. The molecule has 3 aromatic rings. The molecule has 4 nitrogen and oxygen atoms in total. The maximum atomic E-state index is 12.3. The number of nitrogens with zero attached hydrogens (tertiary/aromatic N) is 1. The highest BCUT2D eigenvalue weighted by molar-refractivity contribution is 9.10. The number of aromatic nitrogens is 1. The van der Waals surface area contributed by atoms with E-state index in [0.717, 1.165) is 25.9 Å². The zero-order valence-corrected chi connectivity index (χ0v) is 13.6. The summed E-state index contributed by atoms with van der Waals surface area (Å²) in [6.07, 6.45) is 0. The van der Waals surface area contributed by atoms with E-state index in [2.05, 4.69) is 26.2 Å². The Bertz CT molecular complexity index is 844. The molecule has 0 aliphatic heterocycles. The Morgan fingerprint density at radius 2 is 2.10 bits per heavy atom. The molecule has 0 fully saturated rings. The van der Waals surface area contributed by atoms with Crippen LogP contribution in [0.1, 0.15) is 15.9 Å². The zero-order valence-electron chi connectivity index (χ0n) is 11.2. The van der Waals surface area contributed by atoms with Crippen molar-refractivity contribution in [1.82, 2.24) is 4.98 Å². The number of benzene rings is 2. The summed E-state index contributed by atoms with van der Waals surface area (Å²) in [5.41, 5.74) is 8.91. The topological polar surface area (TPSA) is 68.0 Å². The molecule has 1 aromatic heterocycles. The van der Waals surface area contributed by atoms with Crippen LogP contribution in [0.2, 0.25) is 0 Å². The number of halogens is 1. The van der Waals surface area contributed by atoms with Crippen molar-refractivity contribution < 1.29 is 4.79 Å². The Labute approximate surface area is 134 Å². The normalized spacial score (nSPS) is 10.8. The summed E-state index contributed by atoms with van der Waals surface area (Å²) < 4.78 is 1.76. The van der Waals surface area contributed by atoms with Crippen LogP contribution < -0.4 is 11.1 Å². The molecule has 0 radical (unpaired) electrons. The predicted molar refractivity (Wildman–Crippen MR) is 90.9 cm³/mol. The number of carbonyl (C=O) groups is 1. The van der Waals surface area contributed by atoms with Gasteiger partial charge in [0.05, 0.1) is 15.9 Å². The highest BCUT2D eigenvalue weighted by atomic mass is 79.9. The summed E-state index contributed by atoms with van der Waals surface area (Å²) >= 11 is 4.81. The Hall–Kier alpha value is -1.92. The lowest BCUT2D eigenvalue weighted by Crippen LogP contribution is -2.12. The third-order valence-corrected chi connectivity index (χ3v) is 4.58. The maximum Gasteiger partial charge on any atom is 0.255 e. The molecule has 0 spiro atoms. The highest BCUT2D eigenvalue weighted by Crippen LogP contribution is 2.26. The van der Waals surface area contributed by atoms with Gasteiger partial charge < -0.3 is 11.1 Å². The molecule has 0 aliphatic rings. The standard InChI is InChI=1S/C15H12BrN3OS/c1-8-2-4-10(16)12(6-8)18-14(20)9-3-5-11-13(7-9)21-15(17)19-11/h2-7H,1H3,(H2,17,19)(H,18,20). The SMILES string of the molecule is Cc1ccc(Br)c(NC(=O)c2ccc3nc(N)sc3c2)c1. The Balaban J connectivity index is 1.91. The Morgan fingerprint density at radius 3 is 2.90 bits per heavy atom. The molecule has 0 saturated heterocycles. The molecule has 0 atom stereocenters. The number of anilines is 2. The van der Waals surface area contributed by atoms with Crippen LogP contribution in [-0.2, 0) is 0 Å². The van der Waals surface area contributed by atoms with E-state index in [-0.39, 0.29) is 5.91 Å². The number of rotatable bonds is 2. The number of hydrogen-bond acceptors (Lipinski definition) is 4. The molecule has 0 saturated carbocycles. The van der Waals surface area contributed by atoms with Gasteiger partial charge >= 0.3 is 0 Å². The van der Waals surface area contributed by atoms with Crippen LogP contribution in [0.4, 0.5) is 10.8 Å². The molecule has 1 amide bonds. The summed E-state index contributed by atoms with van der Waals surface area (Å²) in [7, 11) is 0. The zero-order chi connectivity index (χ0) is 15.0. The number of hydrogen-bond donors (Lipinski definition) is 2. The van der Waals surface area contributed by atoms with Crippen molar-refractivity contribution in [2.45, 2.75) is 6.92 Å². The van der Waals surface area contributed by atoms with Gasteiger partial charge in [-0.2, -0.15) is 0 Å². The predicted octanol–water partition coefficient (Wildman–Crippen LogP) is 4.20. The second-order valence-electron chi connectivity index (χ2n) is 4.67. The number of thiazole rings is 1. The van der Waals surface area contributed by atoms with Gasteiger partial charge in [0.15, 0.2) is 5.13 Å². The third-order valence-electron chi connectivity index (χ3n) is 3.04. The van der Waals surface area contributed by atoms with Crippen molar-refractivity contribution in [2.24, 2.45) is 0 Å². The van der Waals surface area contributed by atoms with Crippen molar-refractivity contribution in [3.05, 3.63) is 52.0 Å². The average molecular weight is 362 g/mol. The van der Waals surface area contributed by atoms with Crippen molar-refractivity contribution in [1.29, 1.82) is 0 Å². The second-order valence-corrected chi connectivity index (χ2v) is 6.59. The second kappa shape index (κ2) is 5.46. The van der Waals surface area contributed by atoms with Gasteiger partial charge in [0, 0.05) is 10.0 Å². The third kappa shape index (κ3) is 2.91. The van der Waals surface area contributed by atoms with Crippen molar-refractivity contribution >= 4 is 54.2 Å². The van der Waals surface area contributed by atoms with Crippen LogP contribution in [0, 0.1) is 6.92 Å². The van der Waals surface area contributed by atoms with Gasteiger partial charge in [0.2, 0.25) is 0 Å². The van der Waals surface area contributed by atoms with Crippen LogP contribution >= 0.6 is 27.3 Å². The van der Waals surface area contributed by atoms with Gasteiger partial charge in [-0.15, -0.1) is 0 Å². The van der Waals surface area contributed by atoms with Gasteiger partial charge in [0.25, 0.3) is 5.91 Å². The molecule has 1 heterocycles. The molecule has 3 rings (SSSR count). The molecule has 6 heteroatoms. The quantitative estimate of drug-likeness (QED) is 0.718. The molecule has 2 aromatic carbocycles. The summed E-state index contributed by atoms with van der Waals surface area (Å²) in [5.74, 6) is -0.157. The molecule has 21 heavy (non-hydrogen) atoms. The number of aryl methyl sites for hydroxylation is 1. The van der Waals surface area contributed by atoms with E-state index in [9.17, 15) is 4.79 Å². The molecule has 0 unspecified atom stereocenters. The lowest BCUT2D eigenvalue weighted by molar-refractivity contribution is 0.102. The molecular formula is C15H12BrN3OS. The first-order valence-corrected chi connectivity index (χ1v) is 7.87. The number of carbonyl (C=O) groups excluding carboxylic acids is 1. The van der Waals surface area contributed by atoms with Gasteiger partial charge in [-0.1, -0.05) is 17.4 Å². The maximum absolute atomic E-state index is 12.3. The largest absolute Gasteiger partial charge is 0.375 e. The fourth-order valence-electron chi connectivity index (χ4n) is 2.01. The van der Waals surface area contributed by atoms with Gasteiger partial charge in [-0.25, -0.2) is 4.98 Å². The fourth-order valence-corrected chi connectivity index (χ4v) is 3.13. The lowest BCUT2D eigenvalue weighted by Gasteiger charge is -2.08. The fraction of sp³-hybridized carbons (Fsp3) is 0.0667. The van der Waals surface area contributed by atoms with E-state index < -0.39 is 0 Å². The smallest absolute Gasteiger partial charge is 0.255 e. The van der Waals surface area contributed by atoms with Crippen molar-refractivity contribution in [3.63, 3.8) is 0 Å². The molecule has 106 valence electrons. The number of nitrogens with one attached hydrogen (secondary N) is 1. The summed E-state index contributed by atoms with van der Waals surface area (Å²) in [5, 5.41) is 3.41. The summed E-state index contributed by atoms with van der Waals surface area (Å²) in [6, 6.07) is 11.2. The van der Waals surface area contributed by atoms with Gasteiger partial charge in [0.1, 0.15) is 0 Å².